The second-order valence-corrected chi connectivity index (χ2v) is 4.51. The number of hydrogen-bond acceptors (Lipinski definition) is 4. The van der Waals surface area contributed by atoms with Gasteiger partial charge in [-0.2, -0.15) is 4.98 Å². The van der Waals surface area contributed by atoms with Crippen LogP contribution in [0.3, 0.4) is 0 Å². The van der Waals surface area contributed by atoms with Gasteiger partial charge in [-0.3, -0.25) is 0 Å². The van der Waals surface area contributed by atoms with Crippen LogP contribution in [0.25, 0.3) is 0 Å². The van der Waals surface area contributed by atoms with E-state index in [0.29, 0.717) is 5.92 Å². The summed E-state index contributed by atoms with van der Waals surface area (Å²) in [6, 6.07) is 8.29. The lowest BCUT2D eigenvalue weighted by atomic mass is 10.0. The highest BCUT2D eigenvalue weighted by Crippen LogP contribution is 2.18. The van der Waals surface area contributed by atoms with Crippen LogP contribution < -0.4 is 5.32 Å². The molecule has 0 aliphatic carbocycles. The van der Waals surface area contributed by atoms with Gasteiger partial charge in [-0.15, -0.1) is 0 Å². The maximum Gasteiger partial charge on any atom is 0.232 e. The minimum atomic E-state index is 0.410. The fourth-order valence-electron chi connectivity index (χ4n) is 1.95. The number of aryl methyl sites for hydroxylation is 1. The molecule has 1 aromatic heterocycles. The van der Waals surface area contributed by atoms with Crippen molar-refractivity contribution in [2.75, 3.05) is 13.1 Å². The molecular weight excluding hydrogens is 214 g/mol. The molecule has 0 radical (unpaired) electrons. The first kappa shape index (κ1) is 10.5. The molecule has 1 aliphatic heterocycles. The van der Waals surface area contributed by atoms with E-state index in [1.54, 1.807) is 0 Å². The predicted octanol–water partition coefficient (Wildman–Crippen LogP) is 1.66. The quantitative estimate of drug-likeness (QED) is 0.869. The summed E-state index contributed by atoms with van der Waals surface area (Å²) in [4.78, 5) is 4.45. The molecular formula is C13H15N3O. The third kappa shape index (κ3) is 2.08. The van der Waals surface area contributed by atoms with E-state index >= 15 is 0 Å². The van der Waals surface area contributed by atoms with Crippen molar-refractivity contribution in [3.8, 4) is 0 Å². The maximum atomic E-state index is 5.28. The monoisotopic (exact) mass is 229 g/mol. The first-order valence-corrected chi connectivity index (χ1v) is 5.90. The molecule has 0 atom stereocenters. The number of rotatable bonds is 3. The molecule has 1 saturated heterocycles. The third-order valence-corrected chi connectivity index (χ3v) is 3.22. The molecule has 0 bridgehead atoms. The summed E-state index contributed by atoms with van der Waals surface area (Å²) in [5.74, 6) is 1.96. The Hall–Kier alpha value is -1.68. The Morgan fingerprint density at radius 2 is 2.18 bits per heavy atom. The lowest BCUT2D eigenvalue weighted by Gasteiger charge is -2.22. The van der Waals surface area contributed by atoms with Crippen LogP contribution in [0.2, 0.25) is 0 Å². The van der Waals surface area contributed by atoms with Gasteiger partial charge in [-0.25, -0.2) is 0 Å². The third-order valence-electron chi connectivity index (χ3n) is 3.22. The summed E-state index contributed by atoms with van der Waals surface area (Å²) in [6.07, 6.45) is 0.746. The molecule has 1 aromatic carbocycles. The Labute approximate surface area is 100 Å². The van der Waals surface area contributed by atoms with Crippen molar-refractivity contribution < 1.29 is 4.52 Å². The highest BCUT2D eigenvalue weighted by Gasteiger charge is 2.24. The van der Waals surface area contributed by atoms with Crippen LogP contribution in [0.5, 0.6) is 0 Å². The molecule has 88 valence electrons. The topological polar surface area (TPSA) is 51.0 Å². The van der Waals surface area contributed by atoms with Crippen LogP contribution in [0.15, 0.2) is 28.8 Å². The molecule has 4 heteroatoms. The van der Waals surface area contributed by atoms with Gasteiger partial charge in [-0.05, 0) is 18.1 Å². The van der Waals surface area contributed by atoms with Gasteiger partial charge in [0.2, 0.25) is 5.89 Å². The second kappa shape index (κ2) is 4.30. The molecule has 17 heavy (non-hydrogen) atoms. The average Bonchev–Trinajstić information content (AvgIpc) is 2.67. The standard InChI is InChI=1S/C13H15N3O/c1-9-4-2-3-5-10(9)6-12-15-13(17-16-12)11-7-14-8-11/h2-5,11,14H,6-8H2,1H3. The Morgan fingerprint density at radius 1 is 1.35 bits per heavy atom. The van der Waals surface area contributed by atoms with Crippen LogP contribution in [0, 0.1) is 6.92 Å². The van der Waals surface area contributed by atoms with Crippen molar-refractivity contribution in [3.05, 3.63) is 47.1 Å². The lowest BCUT2D eigenvalue weighted by Crippen LogP contribution is -2.40. The van der Waals surface area contributed by atoms with Crippen LogP contribution in [0.1, 0.15) is 28.8 Å². The normalized spacial score (nSPS) is 15.8. The molecule has 1 aliphatic rings. The fraction of sp³-hybridized carbons (Fsp3) is 0.385. The van der Waals surface area contributed by atoms with Crippen LogP contribution >= 0.6 is 0 Å². The summed E-state index contributed by atoms with van der Waals surface area (Å²) >= 11 is 0. The molecule has 0 spiro atoms. The highest BCUT2D eigenvalue weighted by atomic mass is 16.5. The molecule has 2 heterocycles. The molecule has 0 amide bonds. The minimum Gasteiger partial charge on any atom is -0.339 e. The van der Waals surface area contributed by atoms with E-state index in [2.05, 4.69) is 34.5 Å². The fourth-order valence-corrected chi connectivity index (χ4v) is 1.95. The first-order valence-electron chi connectivity index (χ1n) is 5.90. The minimum absolute atomic E-state index is 0.410. The summed E-state index contributed by atoms with van der Waals surface area (Å²) in [5.41, 5.74) is 2.52. The van der Waals surface area contributed by atoms with Crippen molar-refractivity contribution in [2.45, 2.75) is 19.3 Å². The zero-order valence-electron chi connectivity index (χ0n) is 9.81. The van der Waals surface area contributed by atoms with Crippen LogP contribution in [-0.4, -0.2) is 23.2 Å². The van der Waals surface area contributed by atoms with Crippen molar-refractivity contribution in [3.63, 3.8) is 0 Å². The zero-order chi connectivity index (χ0) is 11.7. The second-order valence-electron chi connectivity index (χ2n) is 4.51. The number of aromatic nitrogens is 2. The molecule has 1 fully saturated rings. The SMILES string of the molecule is Cc1ccccc1Cc1noc(C2CNC2)n1. The van der Waals surface area contributed by atoms with Gasteiger partial charge < -0.3 is 9.84 Å². The van der Waals surface area contributed by atoms with Gasteiger partial charge in [-0.1, -0.05) is 29.4 Å². The summed E-state index contributed by atoms with van der Waals surface area (Å²) in [6.45, 7) is 4.00. The van der Waals surface area contributed by atoms with Gasteiger partial charge >= 0.3 is 0 Å². The van der Waals surface area contributed by atoms with E-state index in [1.165, 1.54) is 11.1 Å². The van der Waals surface area contributed by atoms with Gasteiger partial charge in [0.25, 0.3) is 0 Å². The zero-order valence-corrected chi connectivity index (χ0v) is 9.81. The maximum absolute atomic E-state index is 5.28. The van der Waals surface area contributed by atoms with E-state index in [0.717, 1.165) is 31.2 Å². The molecule has 1 N–H and O–H groups in total. The van der Waals surface area contributed by atoms with Gasteiger partial charge in [0, 0.05) is 19.5 Å². The van der Waals surface area contributed by atoms with E-state index in [-0.39, 0.29) is 0 Å². The average molecular weight is 229 g/mol. The predicted molar refractivity (Wildman–Crippen MR) is 63.9 cm³/mol. The Bertz CT molecular complexity index is 517. The van der Waals surface area contributed by atoms with Crippen molar-refractivity contribution in [2.24, 2.45) is 0 Å². The van der Waals surface area contributed by atoms with Crippen molar-refractivity contribution >= 4 is 0 Å². The largest absolute Gasteiger partial charge is 0.339 e. The molecule has 0 saturated carbocycles. The van der Waals surface area contributed by atoms with Gasteiger partial charge in [0.1, 0.15) is 0 Å². The Morgan fingerprint density at radius 3 is 2.88 bits per heavy atom. The van der Waals surface area contributed by atoms with Crippen molar-refractivity contribution in [1.29, 1.82) is 0 Å². The summed E-state index contributed by atoms with van der Waals surface area (Å²) in [5, 5.41) is 7.24. The lowest BCUT2D eigenvalue weighted by molar-refractivity contribution is 0.306. The van der Waals surface area contributed by atoms with E-state index in [9.17, 15) is 0 Å². The molecule has 2 aromatic rings. The van der Waals surface area contributed by atoms with E-state index in [4.69, 9.17) is 4.52 Å². The summed E-state index contributed by atoms with van der Waals surface area (Å²) in [7, 11) is 0. The molecule has 3 rings (SSSR count). The molecule has 4 nitrogen and oxygen atoms in total. The Kier molecular flexibility index (Phi) is 2.65. The van der Waals surface area contributed by atoms with Gasteiger partial charge in [0.15, 0.2) is 5.82 Å². The van der Waals surface area contributed by atoms with Crippen LogP contribution in [-0.2, 0) is 6.42 Å². The van der Waals surface area contributed by atoms with Gasteiger partial charge in [0.05, 0.1) is 5.92 Å². The molecule has 0 unspecified atom stereocenters. The Balaban J connectivity index is 1.76. The number of nitrogens with zero attached hydrogens (tertiary/aromatic N) is 2. The first-order chi connectivity index (χ1) is 8.33. The van der Waals surface area contributed by atoms with E-state index in [1.807, 2.05) is 12.1 Å². The number of hydrogen-bond donors (Lipinski definition) is 1. The summed E-state index contributed by atoms with van der Waals surface area (Å²) < 4.78 is 5.28. The van der Waals surface area contributed by atoms with Crippen LogP contribution in [0.4, 0.5) is 0 Å². The number of nitrogens with one attached hydrogen (secondary N) is 1. The number of benzene rings is 1. The highest BCUT2D eigenvalue weighted by molar-refractivity contribution is 5.28. The van der Waals surface area contributed by atoms with Crippen molar-refractivity contribution in [1.82, 2.24) is 15.5 Å². The van der Waals surface area contributed by atoms with E-state index < -0.39 is 0 Å². The smallest absolute Gasteiger partial charge is 0.232 e.